The van der Waals surface area contributed by atoms with Crippen LogP contribution in [0.4, 0.5) is 0 Å². The Morgan fingerprint density at radius 1 is 0.790 bits per heavy atom. The highest BCUT2D eigenvalue weighted by Gasteiger charge is 2.55. The van der Waals surface area contributed by atoms with E-state index in [-0.39, 0.29) is 59.9 Å². The van der Waals surface area contributed by atoms with Gasteiger partial charge in [-0.05, 0) is 132 Å². The van der Waals surface area contributed by atoms with E-state index in [2.05, 4.69) is 19.9 Å². The molecule has 12 heteroatoms. The van der Waals surface area contributed by atoms with E-state index in [1.54, 1.807) is 14.0 Å². The number of aliphatic hydroxyl groups is 3. The van der Waals surface area contributed by atoms with Crippen LogP contribution in [0.1, 0.15) is 126 Å². The van der Waals surface area contributed by atoms with E-state index in [4.69, 9.17) is 18.9 Å². The quantitative estimate of drug-likeness (QED) is 0.154. The van der Waals surface area contributed by atoms with Crippen LogP contribution >= 0.6 is 0 Å². The first-order valence-corrected chi connectivity index (χ1v) is 23.5. The average Bonchev–Trinajstić information content (AvgIpc) is 3.33. The van der Waals surface area contributed by atoms with Gasteiger partial charge in [0, 0.05) is 32.6 Å². The van der Waals surface area contributed by atoms with Gasteiger partial charge in [0.05, 0.1) is 18.3 Å². The highest BCUT2D eigenvalue weighted by atomic mass is 16.6. The van der Waals surface area contributed by atoms with Crippen molar-refractivity contribution in [2.75, 3.05) is 20.8 Å². The summed E-state index contributed by atoms with van der Waals surface area (Å²) in [5, 5.41) is 34.0. The summed E-state index contributed by atoms with van der Waals surface area (Å²) in [5.74, 6) is -5.62. The lowest BCUT2D eigenvalue weighted by Gasteiger charge is -2.43. The van der Waals surface area contributed by atoms with Crippen molar-refractivity contribution in [2.24, 2.45) is 47.3 Å². The molecule has 1 aliphatic carbocycles. The van der Waals surface area contributed by atoms with E-state index in [1.165, 1.54) is 12.0 Å². The van der Waals surface area contributed by atoms with E-state index < -0.39 is 65.9 Å². The van der Waals surface area contributed by atoms with Crippen molar-refractivity contribution in [1.82, 2.24) is 4.90 Å². The fraction of sp³-hybridized carbons (Fsp3) is 0.760. The van der Waals surface area contributed by atoms with Crippen LogP contribution in [0.5, 0.6) is 0 Å². The minimum atomic E-state index is -2.32. The number of piperidine rings is 1. The van der Waals surface area contributed by atoms with E-state index >= 15 is 0 Å². The van der Waals surface area contributed by atoms with Crippen LogP contribution in [-0.2, 0) is 38.1 Å². The van der Waals surface area contributed by atoms with Crippen molar-refractivity contribution in [3.63, 3.8) is 0 Å². The Labute approximate surface area is 370 Å². The number of esters is 1. The number of allylic oxidation sites excluding steroid dienone is 7. The molecule has 5 rings (SSSR count). The Bertz CT molecular complexity index is 1690. The second kappa shape index (κ2) is 22.3. The van der Waals surface area contributed by atoms with Crippen molar-refractivity contribution in [1.29, 1.82) is 0 Å². The van der Waals surface area contributed by atoms with Crippen molar-refractivity contribution >= 4 is 23.4 Å². The number of nitrogens with zero attached hydrogens (tertiary/aromatic N) is 1. The topological polar surface area (TPSA) is 169 Å². The van der Waals surface area contributed by atoms with Gasteiger partial charge in [0.25, 0.3) is 11.7 Å². The van der Waals surface area contributed by atoms with Gasteiger partial charge in [0.2, 0.25) is 5.79 Å². The molecular weight excluding hydrogens is 791 g/mol. The normalized spacial score (nSPS) is 44.1. The molecule has 5 aliphatic rings. The molecule has 0 aromatic heterocycles. The molecule has 1 amide bonds. The number of aliphatic hydroxyl groups excluding tert-OH is 2. The molecule has 4 fully saturated rings. The molecule has 3 saturated heterocycles. The summed E-state index contributed by atoms with van der Waals surface area (Å²) in [4.78, 5) is 57.6. The van der Waals surface area contributed by atoms with E-state index in [1.807, 2.05) is 58.1 Å². The molecule has 4 heterocycles. The van der Waals surface area contributed by atoms with E-state index in [0.717, 1.165) is 18.4 Å². The second-order valence-corrected chi connectivity index (χ2v) is 19.8. The molecule has 0 radical (unpaired) electrons. The lowest BCUT2D eigenvalue weighted by molar-refractivity contribution is -0.264. The standard InChI is InChI=1S/C50H77NO11/c1-29-13-11-10-12-14-31(3)32(4)25-38-18-16-35(7)50(58,62-38)47(55)48(56)51-22-21-37-28-40(51)49(57)61-42(39(37)26-36-17-19-41(52)43(27-36)59-8)20-15-30(2)24-34(6)45(54)46(60-9)44(53)33(5)23-29/h10-14,24,29-30,32-33,35-43,45-46,52,54,58H,15-23,25-28H2,1-9H3/b12-10+,13-11+,31-14+,34-24+/t29-,30+,32?,33-,35-,36+,37?,38+,39+,40+,41-,42+,43-,45-,46+,50-/m1/s1. The summed E-state index contributed by atoms with van der Waals surface area (Å²) in [6.07, 6.45) is 15.3. The number of Topliss-reactive ketones (excluding diaryl/α,β-unsaturated/α-hetero) is 2. The molecule has 62 heavy (non-hydrogen) atoms. The fourth-order valence-electron chi connectivity index (χ4n) is 10.9. The average molecular weight is 868 g/mol. The van der Waals surface area contributed by atoms with Gasteiger partial charge in [-0.2, -0.15) is 0 Å². The van der Waals surface area contributed by atoms with Crippen LogP contribution in [0.2, 0.25) is 0 Å². The van der Waals surface area contributed by atoms with Crippen molar-refractivity contribution in [2.45, 2.75) is 174 Å². The molecule has 0 spiro atoms. The van der Waals surface area contributed by atoms with Gasteiger partial charge < -0.3 is 39.2 Å². The number of rotatable bonds is 4. The third-order valence-corrected chi connectivity index (χ3v) is 15.1. The van der Waals surface area contributed by atoms with Gasteiger partial charge in [0.1, 0.15) is 24.4 Å². The molecule has 1 saturated carbocycles. The second-order valence-electron chi connectivity index (χ2n) is 19.8. The van der Waals surface area contributed by atoms with Crippen LogP contribution in [0.15, 0.2) is 47.6 Å². The lowest BCUT2D eigenvalue weighted by Crippen LogP contribution is -2.61. The molecule has 348 valence electrons. The minimum absolute atomic E-state index is 0.0248. The third kappa shape index (κ3) is 12.0. The third-order valence-electron chi connectivity index (χ3n) is 15.1. The molecule has 4 aliphatic heterocycles. The summed E-state index contributed by atoms with van der Waals surface area (Å²) < 4.78 is 23.9. The monoisotopic (exact) mass is 868 g/mol. The summed E-state index contributed by atoms with van der Waals surface area (Å²) in [7, 11) is 3.08. The van der Waals surface area contributed by atoms with Crippen LogP contribution in [-0.4, -0.2) is 113 Å². The maximum Gasteiger partial charge on any atom is 0.329 e. The maximum atomic E-state index is 14.3. The smallest absolute Gasteiger partial charge is 0.329 e. The van der Waals surface area contributed by atoms with E-state index in [9.17, 15) is 34.5 Å². The molecule has 16 atom stereocenters. The van der Waals surface area contributed by atoms with Gasteiger partial charge >= 0.3 is 5.97 Å². The Kier molecular flexibility index (Phi) is 18.0. The summed E-state index contributed by atoms with van der Waals surface area (Å²) in [5.41, 5.74) is 1.72. The first-order valence-electron chi connectivity index (χ1n) is 23.5. The highest BCUT2D eigenvalue weighted by Crippen LogP contribution is 2.44. The number of ether oxygens (including phenoxy) is 4. The summed E-state index contributed by atoms with van der Waals surface area (Å²) in [6.45, 7) is 13.8. The number of ketones is 2. The molecule has 0 aromatic carbocycles. The van der Waals surface area contributed by atoms with Gasteiger partial charge in [-0.25, -0.2) is 4.79 Å². The van der Waals surface area contributed by atoms with Crippen molar-refractivity contribution in [3.8, 4) is 0 Å². The summed E-state index contributed by atoms with van der Waals surface area (Å²) >= 11 is 0. The van der Waals surface area contributed by atoms with Crippen LogP contribution in [0, 0.1) is 47.3 Å². The Balaban J connectivity index is 1.45. The van der Waals surface area contributed by atoms with Crippen molar-refractivity contribution in [3.05, 3.63) is 47.6 Å². The molecule has 5 bridgehead atoms. The summed E-state index contributed by atoms with van der Waals surface area (Å²) in [6, 6.07) is -0.980. The number of carbonyl (C=O) groups is 4. The van der Waals surface area contributed by atoms with Gasteiger partial charge in [-0.3, -0.25) is 14.4 Å². The van der Waals surface area contributed by atoms with Crippen molar-refractivity contribution < 1.29 is 53.4 Å². The molecule has 0 aromatic rings. The maximum absolute atomic E-state index is 14.3. The Morgan fingerprint density at radius 2 is 1.53 bits per heavy atom. The first-order chi connectivity index (χ1) is 29.4. The van der Waals surface area contributed by atoms with Gasteiger partial charge in [0.15, 0.2) is 5.78 Å². The molecule has 12 nitrogen and oxygen atoms in total. The number of hydrogen-bond acceptors (Lipinski definition) is 11. The number of carbonyl (C=O) groups excluding carboxylic acids is 4. The lowest BCUT2D eigenvalue weighted by atomic mass is 9.71. The van der Waals surface area contributed by atoms with Crippen LogP contribution in [0.25, 0.3) is 0 Å². The molecule has 2 unspecified atom stereocenters. The van der Waals surface area contributed by atoms with Gasteiger partial charge in [-0.1, -0.05) is 76.6 Å². The Morgan fingerprint density at radius 3 is 2.24 bits per heavy atom. The predicted octanol–water partition coefficient (Wildman–Crippen LogP) is 6.84. The number of fused-ring (bicyclic) bond motifs is 5. The molecular formula is C50H77NO11. The predicted molar refractivity (Wildman–Crippen MR) is 236 cm³/mol. The fourth-order valence-corrected chi connectivity index (χ4v) is 10.9. The zero-order valence-electron chi connectivity index (χ0n) is 38.9. The zero-order chi connectivity index (χ0) is 45.5. The zero-order valence-corrected chi connectivity index (χ0v) is 38.9. The highest BCUT2D eigenvalue weighted by molar-refractivity contribution is 6.39. The SMILES string of the molecule is CO[C@@H]1C[C@H](C[C@H]2C3CCN4C(=O)C(=O)[C@]5(O)O[C@@H](CC[C@H]5C)CC(C)/C(C)=C/C=C/C=C/[C@@H](C)C[C@@H](C)C(=O)[C@H](OC)[C@H](O)/C(C)=C/[C@@H](C)CC[C@@H]2OC(=O)[C@@H]4C3)CC[C@H]1O. The Hall–Kier alpha value is -3.00. The largest absolute Gasteiger partial charge is 0.461 e. The van der Waals surface area contributed by atoms with Crippen LogP contribution < -0.4 is 0 Å². The number of methoxy groups -OCH3 is 2. The van der Waals surface area contributed by atoms with Crippen LogP contribution in [0.3, 0.4) is 0 Å². The number of hydrogen-bond donors (Lipinski definition) is 3. The number of amides is 1. The minimum Gasteiger partial charge on any atom is -0.461 e. The van der Waals surface area contributed by atoms with E-state index in [0.29, 0.717) is 69.8 Å². The molecule has 3 N–H and O–H groups in total. The van der Waals surface area contributed by atoms with Gasteiger partial charge in [-0.15, -0.1) is 0 Å². The first kappa shape index (κ1) is 50.0.